The second kappa shape index (κ2) is 23.5. The largest absolute Gasteiger partial charge is 0.508 e. The lowest BCUT2D eigenvalue weighted by Gasteiger charge is -2.27. The van der Waals surface area contributed by atoms with Gasteiger partial charge in [0.2, 0.25) is 35.4 Å². The molecule has 2 aromatic carbocycles. The van der Waals surface area contributed by atoms with Crippen molar-refractivity contribution in [2.75, 3.05) is 6.54 Å². The summed E-state index contributed by atoms with van der Waals surface area (Å²) in [6.07, 6.45) is -1.87. The van der Waals surface area contributed by atoms with E-state index in [2.05, 4.69) is 31.9 Å². The number of benzene rings is 2. The van der Waals surface area contributed by atoms with Crippen molar-refractivity contribution >= 4 is 53.4 Å². The summed E-state index contributed by atoms with van der Waals surface area (Å²) >= 11 is 0. The summed E-state index contributed by atoms with van der Waals surface area (Å²) in [5.41, 5.74) is 6.98. The Morgan fingerprint density at radius 3 is 1.57 bits per heavy atom. The first-order valence-electron chi connectivity index (χ1n) is 18.3. The van der Waals surface area contributed by atoms with Crippen LogP contribution in [-0.2, 0) is 56.0 Å². The van der Waals surface area contributed by atoms with Crippen molar-refractivity contribution < 1.29 is 63.6 Å². The van der Waals surface area contributed by atoms with Gasteiger partial charge in [0.05, 0.1) is 6.04 Å². The molecule has 20 heteroatoms. The molecule has 0 bridgehead atoms. The highest BCUT2D eigenvalue weighted by Gasteiger charge is 2.33. The third-order valence-electron chi connectivity index (χ3n) is 8.62. The number of nitrogens with one attached hydrogen (secondary N) is 6. The Labute approximate surface area is 333 Å². The first-order valence-corrected chi connectivity index (χ1v) is 18.3. The van der Waals surface area contributed by atoms with E-state index in [0.29, 0.717) is 11.1 Å². The molecule has 0 heterocycles. The standard InChI is InChI=1S/C38H51N7O13/c1-20(2)32(38(58)40-19-31(51)52)45-35(55)26(14-16-30(49)50)42-33(53)21(3)41-36(56)27(18-23-9-11-24(46)12-10-23)44-37(57)28(17-22-7-5-4-6-8-22)43-34(54)25(39)13-15-29(47)48/h4-12,20-21,25-28,32,46H,13-19,39H2,1-3H3,(H,40,58)(H,41,56)(H,42,53)(H,43,54)(H,44,57)(H,45,55)(H,47,48)(H,49,50)(H,51,52)/t21-,25-,26-,27-,28-,32-/m0/s1. The number of carbonyl (C=O) groups excluding carboxylic acids is 6. The van der Waals surface area contributed by atoms with E-state index in [0.717, 1.165) is 0 Å². The van der Waals surface area contributed by atoms with Crippen molar-refractivity contribution in [1.29, 1.82) is 0 Å². The number of phenolic OH excluding ortho intramolecular Hbond substituents is 1. The highest BCUT2D eigenvalue weighted by atomic mass is 16.4. The smallest absolute Gasteiger partial charge is 0.322 e. The molecule has 0 aliphatic rings. The van der Waals surface area contributed by atoms with E-state index in [1.807, 2.05) is 0 Å². The Kier molecular flexibility index (Phi) is 19.3. The number of phenols is 1. The van der Waals surface area contributed by atoms with E-state index in [1.165, 1.54) is 31.2 Å². The molecule has 12 N–H and O–H groups in total. The van der Waals surface area contributed by atoms with E-state index in [-0.39, 0.29) is 25.0 Å². The van der Waals surface area contributed by atoms with E-state index >= 15 is 0 Å². The molecule has 6 amide bonds. The highest BCUT2D eigenvalue weighted by Crippen LogP contribution is 2.13. The van der Waals surface area contributed by atoms with Crippen molar-refractivity contribution in [3.8, 4) is 5.75 Å². The number of carboxylic acids is 3. The molecule has 0 aliphatic carbocycles. The van der Waals surface area contributed by atoms with Gasteiger partial charge in [-0.05, 0) is 48.9 Å². The van der Waals surface area contributed by atoms with Gasteiger partial charge in [-0.15, -0.1) is 0 Å². The van der Waals surface area contributed by atoms with Crippen LogP contribution in [0, 0.1) is 5.92 Å². The number of hydrogen-bond acceptors (Lipinski definition) is 11. The predicted molar refractivity (Wildman–Crippen MR) is 204 cm³/mol. The molecule has 6 atom stereocenters. The van der Waals surface area contributed by atoms with Crippen LogP contribution in [0.5, 0.6) is 5.75 Å². The fourth-order valence-corrected chi connectivity index (χ4v) is 5.37. The summed E-state index contributed by atoms with van der Waals surface area (Å²) in [6.45, 7) is 3.66. The number of rotatable bonds is 24. The first-order chi connectivity index (χ1) is 27.3. The first kappa shape index (κ1) is 47.6. The Morgan fingerprint density at radius 2 is 1.03 bits per heavy atom. The Balaban J connectivity index is 2.33. The molecule has 0 aromatic heterocycles. The third kappa shape index (κ3) is 17.1. The van der Waals surface area contributed by atoms with Gasteiger partial charge in [-0.2, -0.15) is 0 Å². The van der Waals surface area contributed by atoms with Gasteiger partial charge in [0.15, 0.2) is 0 Å². The van der Waals surface area contributed by atoms with Crippen molar-refractivity contribution in [2.45, 2.75) is 95.5 Å². The van der Waals surface area contributed by atoms with Gasteiger partial charge in [-0.1, -0.05) is 56.3 Å². The predicted octanol–water partition coefficient (Wildman–Crippen LogP) is -1.46. The van der Waals surface area contributed by atoms with Crippen LogP contribution < -0.4 is 37.6 Å². The Hall–Kier alpha value is -6.57. The van der Waals surface area contributed by atoms with Crippen LogP contribution in [-0.4, -0.2) is 117 Å². The van der Waals surface area contributed by atoms with Gasteiger partial charge < -0.3 is 58.1 Å². The molecule has 0 saturated heterocycles. The van der Waals surface area contributed by atoms with E-state index in [9.17, 15) is 53.4 Å². The minimum absolute atomic E-state index is 0.0604. The Bertz CT molecular complexity index is 1770. The van der Waals surface area contributed by atoms with E-state index in [4.69, 9.17) is 15.9 Å². The number of amides is 6. The minimum atomic E-state index is -1.52. The summed E-state index contributed by atoms with van der Waals surface area (Å²) in [5, 5.41) is 51.5. The zero-order valence-corrected chi connectivity index (χ0v) is 32.2. The minimum Gasteiger partial charge on any atom is -0.508 e. The number of carboxylic acid groups (broad SMARTS) is 3. The van der Waals surface area contributed by atoms with Crippen LogP contribution in [0.25, 0.3) is 0 Å². The molecule has 0 unspecified atom stereocenters. The second-order valence-corrected chi connectivity index (χ2v) is 13.8. The van der Waals surface area contributed by atoms with Gasteiger partial charge in [0, 0.05) is 25.7 Å². The van der Waals surface area contributed by atoms with Crippen molar-refractivity contribution in [1.82, 2.24) is 31.9 Å². The van der Waals surface area contributed by atoms with Crippen LogP contribution in [0.3, 0.4) is 0 Å². The summed E-state index contributed by atoms with van der Waals surface area (Å²) in [6, 6.07) is 6.03. The van der Waals surface area contributed by atoms with Crippen LogP contribution in [0.2, 0.25) is 0 Å². The van der Waals surface area contributed by atoms with Gasteiger partial charge in [0.25, 0.3) is 0 Å². The molecule has 0 spiro atoms. The number of aromatic hydroxyl groups is 1. The maximum atomic E-state index is 13.8. The molecular weight excluding hydrogens is 762 g/mol. The monoisotopic (exact) mass is 813 g/mol. The number of aliphatic carboxylic acids is 3. The Morgan fingerprint density at radius 1 is 0.552 bits per heavy atom. The molecule has 2 aromatic rings. The average molecular weight is 814 g/mol. The number of hydrogen-bond donors (Lipinski definition) is 11. The molecule has 0 saturated carbocycles. The lowest BCUT2D eigenvalue weighted by Crippen LogP contribution is -2.60. The van der Waals surface area contributed by atoms with Gasteiger partial charge >= 0.3 is 17.9 Å². The maximum absolute atomic E-state index is 13.8. The molecule has 2 rings (SSSR count). The van der Waals surface area contributed by atoms with Crippen molar-refractivity contribution in [3.05, 3.63) is 65.7 Å². The molecule has 0 radical (unpaired) electrons. The quantitative estimate of drug-likeness (QED) is 0.0577. The fraction of sp³-hybridized carbons (Fsp3) is 0.447. The number of nitrogens with two attached hydrogens (primary N) is 1. The van der Waals surface area contributed by atoms with Crippen molar-refractivity contribution in [2.24, 2.45) is 11.7 Å². The summed E-state index contributed by atoms with van der Waals surface area (Å²) < 4.78 is 0. The zero-order valence-electron chi connectivity index (χ0n) is 32.2. The van der Waals surface area contributed by atoms with Gasteiger partial charge in [0.1, 0.15) is 42.5 Å². The summed E-state index contributed by atoms with van der Waals surface area (Å²) in [4.78, 5) is 113. The molecule has 316 valence electrons. The highest BCUT2D eigenvalue weighted by molar-refractivity contribution is 5.97. The van der Waals surface area contributed by atoms with Gasteiger partial charge in [-0.3, -0.25) is 43.2 Å². The maximum Gasteiger partial charge on any atom is 0.322 e. The van der Waals surface area contributed by atoms with Gasteiger partial charge in [-0.25, -0.2) is 0 Å². The molecular formula is C38H51N7O13. The van der Waals surface area contributed by atoms with Crippen LogP contribution in [0.15, 0.2) is 54.6 Å². The SMILES string of the molecule is CC(C)[C@H](NC(=O)[C@H](CCC(=O)O)NC(=O)[C@H](C)NC(=O)[C@H](Cc1ccc(O)cc1)NC(=O)[C@H](Cc1ccccc1)NC(=O)[C@@H](N)CCC(=O)O)C(=O)NCC(=O)O. The van der Waals surface area contributed by atoms with E-state index < -0.39 is 121 Å². The summed E-state index contributed by atoms with van der Waals surface area (Å²) in [7, 11) is 0. The summed E-state index contributed by atoms with van der Waals surface area (Å²) in [5.74, 6) is -9.72. The van der Waals surface area contributed by atoms with E-state index in [1.54, 1.807) is 44.2 Å². The third-order valence-corrected chi connectivity index (χ3v) is 8.62. The van der Waals surface area contributed by atoms with Crippen molar-refractivity contribution in [3.63, 3.8) is 0 Å². The average Bonchev–Trinajstić information content (AvgIpc) is 3.16. The molecule has 20 nitrogen and oxygen atoms in total. The normalized spacial score (nSPS) is 13.9. The van der Waals surface area contributed by atoms with Crippen LogP contribution in [0.1, 0.15) is 57.6 Å². The molecule has 58 heavy (non-hydrogen) atoms. The number of carbonyl (C=O) groups is 9. The fourth-order valence-electron chi connectivity index (χ4n) is 5.37. The zero-order chi connectivity index (χ0) is 43.5. The topological polar surface area (TPSA) is 333 Å². The molecule has 0 fully saturated rings. The van der Waals surface area contributed by atoms with Crippen LogP contribution >= 0.6 is 0 Å². The lowest BCUT2D eigenvalue weighted by atomic mass is 10.0. The molecule has 0 aliphatic heterocycles. The second-order valence-electron chi connectivity index (χ2n) is 13.8. The lowest BCUT2D eigenvalue weighted by molar-refractivity contribution is -0.139. The van der Waals surface area contributed by atoms with Crippen LogP contribution in [0.4, 0.5) is 0 Å².